The molecule has 1 atom stereocenters. The Hall–Kier alpha value is -0.160. The maximum absolute atomic E-state index is 9.98. The lowest BCUT2D eigenvalue weighted by Gasteiger charge is -2.40. The van der Waals surface area contributed by atoms with Crippen molar-refractivity contribution in [3.8, 4) is 0 Å². The lowest BCUT2D eigenvalue weighted by Crippen LogP contribution is -2.59. The number of nitrogens with one attached hydrogen (secondary N) is 1. The minimum absolute atomic E-state index is 0.103. The lowest BCUT2D eigenvalue weighted by molar-refractivity contribution is 0.0432. The SMILES string of the molecule is CC(C)NC(CO)(CN(C)CC1CCOCC1)C1CC1. The molecule has 1 saturated heterocycles. The van der Waals surface area contributed by atoms with Crippen LogP contribution in [-0.2, 0) is 4.74 Å². The van der Waals surface area contributed by atoms with Gasteiger partial charge < -0.3 is 20.1 Å². The van der Waals surface area contributed by atoms with Crippen molar-refractivity contribution in [2.75, 3.05) is 40.0 Å². The second-order valence-corrected chi connectivity index (χ2v) is 7.14. The summed E-state index contributed by atoms with van der Waals surface area (Å²) < 4.78 is 5.43. The van der Waals surface area contributed by atoms with Crippen LogP contribution < -0.4 is 5.32 Å². The van der Waals surface area contributed by atoms with Crippen molar-refractivity contribution in [1.29, 1.82) is 0 Å². The van der Waals surface area contributed by atoms with Gasteiger partial charge in [-0.1, -0.05) is 13.8 Å². The first-order valence-corrected chi connectivity index (χ1v) is 8.20. The molecule has 1 heterocycles. The van der Waals surface area contributed by atoms with Crippen LogP contribution in [0.5, 0.6) is 0 Å². The van der Waals surface area contributed by atoms with E-state index in [-0.39, 0.29) is 12.1 Å². The molecule has 20 heavy (non-hydrogen) atoms. The first-order valence-electron chi connectivity index (χ1n) is 8.20. The first kappa shape index (κ1) is 16.2. The van der Waals surface area contributed by atoms with E-state index in [1.165, 1.54) is 25.7 Å². The van der Waals surface area contributed by atoms with Crippen LogP contribution in [0.1, 0.15) is 39.5 Å². The van der Waals surface area contributed by atoms with E-state index in [2.05, 4.69) is 31.1 Å². The van der Waals surface area contributed by atoms with Gasteiger partial charge in [-0.2, -0.15) is 0 Å². The number of ether oxygens (including phenoxy) is 1. The number of hydrogen-bond donors (Lipinski definition) is 2. The van der Waals surface area contributed by atoms with Gasteiger partial charge in [0.05, 0.1) is 12.1 Å². The molecular formula is C16H32N2O2. The zero-order valence-corrected chi connectivity index (χ0v) is 13.4. The van der Waals surface area contributed by atoms with E-state index in [0.717, 1.165) is 32.2 Å². The molecule has 118 valence electrons. The number of aliphatic hydroxyl groups excluding tert-OH is 1. The van der Waals surface area contributed by atoms with Gasteiger partial charge in [-0.05, 0) is 44.6 Å². The van der Waals surface area contributed by atoms with Crippen molar-refractivity contribution in [3.63, 3.8) is 0 Å². The molecule has 0 spiro atoms. The van der Waals surface area contributed by atoms with Gasteiger partial charge in [0.1, 0.15) is 0 Å². The Morgan fingerprint density at radius 2 is 1.90 bits per heavy atom. The highest BCUT2D eigenvalue weighted by Crippen LogP contribution is 2.40. The zero-order chi connectivity index (χ0) is 14.6. The Kier molecular flexibility index (Phi) is 5.84. The Bertz CT molecular complexity index is 288. The molecule has 4 heteroatoms. The fourth-order valence-electron chi connectivity index (χ4n) is 3.64. The highest BCUT2D eigenvalue weighted by Gasteiger charge is 2.45. The number of likely N-dealkylation sites (N-methyl/N-ethyl adjacent to an activating group) is 1. The monoisotopic (exact) mass is 284 g/mol. The van der Waals surface area contributed by atoms with Gasteiger partial charge >= 0.3 is 0 Å². The molecule has 1 aliphatic carbocycles. The van der Waals surface area contributed by atoms with Crippen molar-refractivity contribution in [3.05, 3.63) is 0 Å². The van der Waals surface area contributed by atoms with E-state index in [1.54, 1.807) is 0 Å². The maximum Gasteiger partial charge on any atom is 0.0628 e. The van der Waals surface area contributed by atoms with Crippen LogP contribution in [0.3, 0.4) is 0 Å². The minimum atomic E-state index is -0.103. The summed E-state index contributed by atoms with van der Waals surface area (Å²) in [4.78, 5) is 2.42. The van der Waals surface area contributed by atoms with Crippen LogP contribution in [0.4, 0.5) is 0 Å². The molecule has 0 bridgehead atoms. The average Bonchev–Trinajstić information content (AvgIpc) is 3.23. The number of rotatable bonds is 8. The molecule has 0 radical (unpaired) electrons. The van der Waals surface area contributed by atoms with Gasteiger partial charge in [-0.3, -0.25) is 0 Å². The first-order chi connectivity index (χ1) is 9.55. The summed E-state index contributed by atoms with van der Waals surface area (Å²) in [6.45, 7) is 8.48. The van der Waals surface area contributed by atoms with Crippen LogP contribution >= 0.6 is 0 Å². The lowest BCUT2D eigenvalue weighted by atomic mass is 9.91. The molecule has 2 rings (SSSR count). The molecule has 1 unspecified atom stereocenters. The topological polar surface area (TPSA) is 44.7 Å². The van der Waals surface area contributed by atoms with Crippen LogP contribution in [0, 0.1) is 11.8 Å². The van der Waals surface area contributed by atoms with Crippen molar-refractivity contribution < 1.29 is 9.84 Å². The van der Waals surface area contributed by atoms with Gasteiger partial charge in [0.25, 0.3) is 0 Å². The molecule has 0 amide bonds. The molecule has 0 aromatic carbocycles. The molecule has 1 aliphatic heterocycles. The Morgan fingerprint density at radius 3 is 2.40 bits per heavy atom. The molecular weight excluding hydrogens is 252 g/mol. The van der Waals surface area contributed by atoms with E-state index in [1.807, 2.05) is 0 Å². The van der Waals surface area contributed by atoms with Crippen LogP contribution in [0.25, 0.3) is 0 Å². The van der Waals surface area contributed by atoms with E-state index in [0.29, 0.717) is 12.0 Å². The van der Waals surface area contributed by atoms with Crippen LogP contribution in [0.2, 0.25) is 0 Å². The van der Waals surface area contributed by atoms with E-state index in [9.17, 15) is 5.11 Å². The number of hydrogen-bond acceptors (Lipinski definition) is 4. The summed E-state index contributed by atoms with van der Waals surface area (Å²) in [6, 6.07) is 0.416. The average molecular weight is 284 g/mol. The second-order valence-electron chi connectivity index (χ2n) is 7.14. The van der Waals surface area contributed by atoms with Gasteiger partial charge in [0.15, 0.2) is 0 Å². The van der Waals surface area contributed by atoms with Crippen molar-refractivity contribution in [1.82, 2.24) is 10.2 Å². The quantitative estimate of drug-likeness (QED) is 0.709. The third-order valence-electron chi connectivity index (χ3n) is 4.68. The Morgan fingerprint density at radius 1 is 1.25 bits per heavy atom. The Balaban J connectivity index is 1.88. The third-order valence-corrected chi connectivity index (χ3v) is 4.68. The van der Waals surface area contributed by atoms with E-state index < -0.39 is 0 Å². The predicted molar refractivity (Wildman–Crippen MR) is 81.9 cm³/mol. The van der Waals surface area contributed by atoms with Crippen LogP contribution in [-0.4, -0.2) is 61.5 Å². The standard InChI is InChI=1S/C16H32N2O2/c1-13(2)17-16(12-19,15-4-5-15)11-18(3)10-14-6-8-20-9-7-14/h13-15,17,19H,4-12H2,1-3H3. The van der Waals surface area contributed by atoms with Crippen molar-refractivity contribution in [2.45, 2.75) is 51.1 Å². The molecule has 2 aliphatic rings. The third kappa shape index (κ3) is 4.42. The summed E-state index contributed by atoms with van der Waals surface area (Å²) in [5.41, 5.74) is -0.103. The molecule has 2 N–H and O–H groups in total. The molecule has 1 saturated carbocycles. The fraction of sp³-hybridized carbons (Fsp3) is 1.00. The number of aliphatic hydroxyl groups is 1. The number of nitrogens with zero attached hydrogens (tertiary/aromatic N) is 1. The largest absolute Gasteiger partial charge is 0.394 e. The van der Waals surface area contributed by atoms with Gasteiger partial charge in [0, 0.05) is 32.3 Å². The van der Waals surface area contributed by atoms with Crippen molar-refractivity contribution >= 4 is 0 Å². The summed E-state index contributed by atoms with van der Waals surface area (Å²) in [6.07, 6.45) is 4.87. The van der Waals surface area contributed by atoms with E-state index in [4.69, 9.17) is 4.74 Å². The maximum atomic E-state index is 9.98. The smallest absolute Gasteiger partial charge is 0.0628 e. The summed E-state index contributed by atoms with van der Waals surface area (Å²) in [7, 11) is 2.20. The predicted octanol–water partition coefficient (Wildman–Crippen LogP) is 1.48. The van der Waals surface area contributed by atoms with Crippen molar-refractivity contribution in [2.24, 2.45) is 11.8 Å². The highest BCUT2D eigenvalue weighted by molar-refractivity contribution is 5.03. The normalized spacial score (nSPS) is 24.3. The highest BCUT2D eigenvalue weighted by atomic mass is 16.5. The molecule has 4 nitrogen and oxygen atoms in total. The molecule has 2 fully saturated rings. The summed E-state index contributed by atoms with van der Waals surface area (Å²) in [5.74, 6) is 1.40. The fourth-order valence-corrected chi connectivity index (χ4v) is 3.64. The minimum Gasteiger partial charge on any atom is -0.394 e. The second kappa shape index (κ2) is 7.21. The summed E-state index contributed by atoms with van der Waals surface area (Å²) in [5, 5.41) is 13.6. The Labute approximate surface area is 123 Å². The zero-order valence-electron chi connectivity index (χ0n) is 13.4. The van der Waals surface area contributed by atoms with E-state index >= 15 is 0 Å². The molecule has 0 aromatic heterocycles. The van der Waals surface area contributed by atoms with Gasteiger partial charge in [-0.15, -0.1) is 0 Å². The van der Waals surface area contributed by atoms with Crippen LogP contribution in [0.15, 0.2) is 0 Å². The van der Waals surface area contributed by atoms with Gasteiger partial charge in [0.2, 0.25) is 0 Å². The summed E-state index contributed by atoms with van der Waals surface area (Å²) >= 11 is 0. The molecule has 0 aromatic rings. The van der Waals surface area contributed by atoms with Gasteiger partial charge in [-0.25, -0.2) is 0 Å².